The Balaban J connectivity index is 1.28. The molecule has 146 valence electrons. The number of rotatable bonds is 5. The average molecular weight is 402 g/mol. The van der Waals surface area contributed by atoms with Crippen LogP contribution in [0.3, 0.4) is 0 Å². The van der Waals surface area contributed by atoms with Crippen molar-refractivity contribution < 1.29 is 0 Å². The van der Waals surface area contributed by atoms with Crippen molar-refractivity contribution in [2.24, 2.45) is 0 Å². The summed E-state index contributed by atoms with van der Waals surface area (Å²) in [4.78, 5) is 16.1. The highest BCUT2D eigenvalue weighted by Crippen LogP contribution is 2.28. The van der Waals surface area contributed by atoms with Crippen LogP contribution in [0.4, 0.5) is 10.9 Å². The number of hydrogen-bond acceptors (Lipinski definition) is 6. The smallest absolute Gasteiger partial charge is 0.188 e. The summed E-state index contributed by atoms with van der Waals surface area (Å²) in [5, 5.41) is 7.36. The Morgan fingerprint density at radius 3 is 3.00 bits per heavy atom. The van der Waals surface area contributed by atoms with E-state index >= 15 is 0 Å². The Labute approximate surface area is 174 Å². The van der Waals surface area contributed by atoms with Gasteiger partial charge in [-0.3, -0.25) is 9.88 Å². The van der Waals surface area contributed by atoms with E-state index in [1.165, 1.54) is 29.5 Å². The minimum absolute atomic E-state index is 0.462. The van der Waals surface area contributed by atoms with Crippen LogP contribution in [-0.4, -0.2) is 32.9 Å². The highest BCUT2D eigenvalue weighted by Gasteiger charge is 2.22. The van der Waals surface area contributed by atoms with E-state index in [0.717, 1.165) is 36.1 Å². The van der Waals surface area contributed by atoms with Crippen LogP contribution in [0.5, 0.6) is 0 Å². The Morgan fingerprint density at radius 2 is 2.07 bits per heavy atom. The van der Waals surface area contributed by atoms with Gasteiger partial charge in [0.2, 0.25) is 0 Å². The normalized spacial score (nSPS) is 17.4. The summed E-state index contributed by atoms with van der Waals surface area (Å²) >= 11 is 1.59. The molecule has 4 heterocycles. The molecular weight excluding hydrogens is 378 g/mol. The van der Waals surface area contributed by atoms with Gasteiger partial charge in [0.1, 0.15) is 5.82 Å². The summed E-state index contributed by atoms with van der Waals surface area (Å²) < 4.78 is 0. The van der Waals surface area contributed by atoms with Gasteiger partial charge >= 0.3 is 0 Å². The zero-order chi connectivity index (χ0) is 19.5. The standard InChI is InChI=1S/C23H23N5S/c1-6-21(26-22(7-1)27-23-25-11-13-29-23)19-5-3-12-28(16-19)15-17-8-9-20-18(14-17)4-2-10-24-20/h1-2,4,6-11,13-14,19H,3,5,12,15-16H2,(H,25,26,27). The molecule has 1 fully saturated rings. The molecule has 0 amide bonds. The minimum Gasteiger partial charge on any atom is -0.316 e. The van der Waals surface area contributed by atoms with Gasteiger partial charge in [-0.2, -0.15) is 0 Å². The predicted molar refractivity (Wildman–Crippen MR) is 119 cm³/mol. The number of nitrogens with zero attached hydrogens (tertiary/aromatic N) is 4. The van der Waals surface area contributed by atoms with Gasteiger partial charge in [0.25, 0.3) is 0 Å². The summed E-state index contributed by atoms with van der Waals surface area (Å²) in [6, 6.07) is 17.0. The van der Waals surface area contributed by atoms with Gasteiger partial charge in [-0.05, 0) is 55.3 Å². The number of hydrogen-bond donors (Lipinski definition) is 1. The van der Waals surface area contributed by atoms with Gasteiger partial charge in [-0.25, -0.2) is 9.97 Å². The van der Waals surface area contributed by atoms with Crippen LogP contribution in [0.1, 0.15) is 30.0 Å². The molecule has 1 aliphatic heterocycles. The maximum atomic E-state index is 4.87. The van der Waals surface area contributed by atoms with Crippen LogP contribution in [-0.2, 0) is 6.54 Å². The van der Waals surface area contributed by atoms with E-state index in [-0.39, 0.29) is 0 Å². The monoisotopic (exact) mass is 401 g/mol. The third-order valence-electron chi connectivity index (χ3n) is 5.44. The summed E-state index contributed by atoms with van der Waals surface area (Å²) in [6.45, 7) is 3.15. The van der Waals surface area contributed by atoms with Crippen molar-refractivity contribution in [1.29, 1.82) is 0 Å². The van der Waals surface area contributed by atoms with Gasteiger partial charge in [-0.1, -0.05) is 18.2 Å². The number of benzene rings is 1. The molecule has 0 bridgehead atoms. The van der Waals surface area contributed by atoms with Crippen molar-refractivity contribution in [3.05, 3.63) is 77.6 Å². The average Bonchev–Trinajstić information content (AvgIpc) is 3.27. The number of anilines is 2. The Kier molecular flexibility index (Phi) is 5.19. The third kappa shape index (κ3) is 4.28. The lowest BCUT2D eigenvalue weighted by Gasteiger charge is -2.32. The molecule has 1 aromatic carbocycles. The number of piperidine rings is 1. The Morgan fingerprint density at radius 1 is 1.07 bits per heavy atom. The zero-order valence-electron chi connectivity index (χ0n) is 16.2. The zero-order valence-corrected chi connectivity index (χ0v) is 17.0. The highest BCUT2D eigenvalue weighted by molar-refractivity contribution is 7.13. The van der Waals surface area contributed by atoms with Crippen LogP contribution < -0.4 is 5.32 Å². The largest absolute Gasteiger partial charge is 0.316 e. The van der Waals surface area contributed by atoms with E-state index in [1.54, 1.807) is 17.5 Å². The topological polar surface area (TPSA) is 53.9 Å². The predicted octanol–water partition coefficient (Wildman–Crippen LogP) is 5.21. The molecule has 1 saturated heterocycles. The fourth-order valence-electron chi connectivity index (χ4n) is 4.07. The molecular formula is C23H23N5S. The summed E-state index contributed by atoms with van der Waals surface area (Å²) in [5.41, 5.74) is 3.57. The van der Waals surface area contributed by atoms with E-state index in [4.69, 9.17) is 4.98 Å². The second kappa shape index (κ2) is 8.27. The van der Waals surface area contributed by atoms with E-state index < -0.39 is 0 Å². The number of fused-ring (bicyclic) bond motifs is 1. The lowest BCUT2D eigenvalue weighted by atomic mass is 9.94. The molecule has 1 N–H and O–H groups in total. The Bertz CT molecular complexity index is 1100. The molecule has 0 spiro atoms. The van der Waals surface area contributed by atoms with E-state index in [9.17, 15) is 0 Å². The molecule has 0 saturated carbocycles. The van der Waals surface area contributed by atoms with E-state index in [2.05, 4.69) is 56.6 Å². The van der Waals surface area contributed by atoms with Gasteiger partial charge in [0.15, 0.2) is 5.13 Å². The summed E-state index contributed by atoms with van der Waals surface area (Å²) in [5.74, 6) is 1.33. The molecule has 1 unspecified atom stereocenters. The van der Waals surface area contributed by atoms with Crippen molar-refractivity contribution >= 4 is 33.2 Å². The molecule has 29 heavy (non-hydrogen) atoms. The molecule has 1 aliphatic rings. The minimum atomic E-state index is 0.462. The molecule has 4 aromatic rings. The van der Waals surface area contributed by atoms with Gasteiger partial charge in [0.05, 0.1) is 5.52 Å². The highest BCUT2D eigenvalue weighted by atomic mass is 32.1. The first-order valence-electron chi connectivity index (χ1n) is 10.0. The van der Waals surface area contributed by atoms with Crippen LogP contribution in [0, 0.1) is 0 Å². The van der Waals surface area contributed by atoms with Crippen molar-refractivity contribution in [2.75, 3.05) is 18.4 Å². The van der Waals surface area contributed by atoms with Crippen molar-refractivity contribution in [3.8, 4) is 0 Å². The van der Waals surface area contributed by atoms with Gasteiger partial charge in [-0.15, -0.1) is 11.3 Å². The second-order valence-electron chi connectivity index (χ2n) is 7.51. The SMILES string of the molecule is c1cc(Nc2nccs2)nc(C2CCCN(Cc3ccc4ncccc4c3)C2)c1. The quantitative estimate of drug-likeness (QED) is 0.497. The summed E-state index contributed by atoms with van der Waals surface area (Å²) in [7, 11) is 0. The fraction of sp³-hybridized carbons (Fsp3) is 0.261. The number of aromatic nitrogens is 3. The second-order valence-corrected chi connectivity index (χ2v) is 8.41. The maximum Gasteiger partial charge on any atom is 0.188 e. The van der Waals surface area contributed by atoms with Crippen LogP contribution in [0.15, 0.2) is 66.3 Å². The van der Waals surface area contributed by atoms with Gasteiger partial charge < -0.3 is 5.32 Å². The van der Waals surface area contributed by atoms with Gasteiger partial charge in [0, 0.05) is 47.9 Å². The molecule has 1 atom stereocenters. The number of likely N-dealkylation sites (tertiary alicyclic amines) is 1. The molecule has 3 aromatic heterocycles. The molecule has 0 radical (unpaired) electrons. The molecule has 5 rings (SSSR count). The van der Waals surface area contributed by atoms with Crippen molar-refractivity contribution in [1.82, 2.24) is 19.9 Å². The first kappa shape index (κ1) is 18.2. The van der Waals surface area contributed by atoms with Crippen molar-refractivity contribution in [3.63, 3.8) is 0 Å². The van der Waals surface area contributed by atoms with Crippen LogP contribution >= 0.6 is 11.3 Å². The maximum absolute atomic E-state index is 4.87. The van der Waals surface area contributed by atoms with Crippen molar-refractivity contribution in [2.45, 2.75) is 25.3 Å². The summed E-state index contributed by atoms with van der Waals surface area (Å²) in [6.07, 6.45) is 6.04. The molecule has 5 nitrogen and oxygen atoms in total. The fourth-order valence-corrected chi connectivity index (χ4v) is 4.60. The first-order valence-corrected chi connectivity index (χ1v) is 10.9. The molecule has 0 aliphatic carbocycles. The first-order chi connectivity index (χ1) is 14.3. The Hall–Kier alpha value is -2.83. The third-order valence-corrected chi connectivity index (χ3v) is 6.12. The van der Waals surface area contributed by atoms with E-state index in [0.29, 0.717) is 5.92 Å². The number of nitrogens with one attached hydrogen (secondary N) is 1. The van der Waals surface area contributed by atoms with Crippen LogP contribution in [0.2, 0.25) is 0 Å². The lowest BCUT2D eigenvalue weighted by Crippen LogP contribution is -2.34. The lowest BCUT2D eigenvalue weighted by molar-refractivity contribution is 0.198. The number of thiazole rings is 1. The number of pyridine rings is 2. The van der Waals surface area contributed by atoms with Crippen LogP contribution in [0.25, 0.3) is 10.9 Å². The van der Waals surface area contributed by atoms with E-state index in [1.807, 2.05) is 23.7 Å². The molecule has 6 heteroatoms.